The minimum atomic E-state index is -0.195. The molecule has 0 aliphatic carbocycles. The number of halogens is 1. The second kappa shape index (κ2) is 8.47. The van der Waals surface area contributed by atoms with E-state index in [1.807, 2.05) is 28.9 Å². The molecule has 1 unspecified atom stereocenters. The van der Waals surface area contributed by atoms with E-state index >= 15 is 0 Å². The van der Waals surface area contributed by atoms with Gasteiger partial charge in [0.2, 0.25) is 0 Å². The van der Waals surface area contributed by atoms with Gasteiger partial charge in [0.1, 0.15) is 5.82 Å². The molecule has 0 amide bonds. The van der Waals surface area contributed by atoms with Crippen molar-refractivity contribution in [2.24, 2.45) is 0 Å². The zero-order chi connectivity index (χ0) is 21.1. The fourth-order valence-electron chi connectivity index (χ4n) is 3.94. The SMILES string of the molecule is CCC(C)(C)n1nnnc1C(c1ccncc1)N1CCN(c2ccccc2F)CC1. The van der Waals surface area contributed by atoms with Crippen LogP contribution in [-0.4, -0.2) is 56.3 Å². The third-order valence-electron chi connectivity index (χ3n) is 6.07. The Morgan fingerprint density at radius 2 is 1.73 bits per heavy atom. The number of nitrogens with zero attached hydrogens (tertiary/aromatic N) is 7. The number of tetrazole rings is 1. The summed E-state index contributed by atoms with van der Waals surface area (Å²) in [5.74, 6) is 0.651. The van der Waals surface area contributed by atoms with E-state index in [1.54, 1.807) is 18.5 Å². The first-order valence-electron chi connectivity index (χ1n) is 10.4. The normalized spacial score (nSPS) is 16.6. The van der Waals surface area contributed by atoms with Gasteiger partial charge in [-0.25, -0.2) is 9.07 Å². The Kier molecular flexibility index (Phi) is 5.76. The molecule has 1 aliphatic heterocycles. The lowest BCUT2D eigenvalue weighted by molar-refractivity contribution is 0.187. The number of anilines is 1. The molecule has 1 saturated heterocycles. The molecule has 2 aromatic heterocycles. The van der Waals surface area contributed by atoms with Crippen LogP contribution in [0.15, 0.2) is 48.8 Å². The molecule has 4 rings (SSSR count). The minimum Gasteiger partial charge on any atom is -0.367 e. The van der Waals surface area contributed by atoms with Crippen LogP contribution < -0.4 is 4.90 Å². The van der Waals surface area contributed by atoms with Gasteiger partial charge in [-0.05, 0) is 60.5 Å². The zero-order valence-corrected chi connectivity index (χ0v) is 17.7. The van der Waals surface area contributed by atoms with E-state index in [1.165, 1.54) is 6.07 Å². The topological polar surface area (TPSA) is 63.0 Å². The first-order valence-corrected chi connectivity index (χ1v) is 10.4. The van der Waals surface area contributed by atoms with E-state index in [0.29, 0.717) is 5.69 Å². The molecule has 0 saturated carbocycles. The van der Waals surface area contributed by atoms with Crippen LogP contribution in [0.25, 0.3) is 0 Å². The predicted octanol–water partition coefficient (Wildman–Crippen LogP) is 3.26. The molecule has 0 radical (unpaired) electrons. The number of hydrogen-bond donors (Lipinski definition) is 0. The highest BCUT2D eigenvalue weighted by Crippen LogP contribution is 2.32. The molecule has 3 aromatic rings. The standard InChI is InChI=1S/C22H28FN7/c1-4-22(2,3)30-21(25-26-27-30)20(17-9-11-24-12-10-17)29-15-13-28(14-16-29)19-8-6-5-7-18(19)23/h5-12,20H,4,13-16H2,1-3H3. The van der Waals surface area contributed by atoms with Gasteiger partial charge >= 0.3 is 0 Å². The summed E-state index contributed by atoms with van der Waals surface area (Å²) in [6.07, 6.45) is 4.52. The van der Waals surface area contributed by atoms with Gasteiger partial charge in [0.05, 0.1) is 17.3 Å². The molecular formula is C22H28FN7. The van der Waals surface area contributed by atoms with Crippen LogP contribution >= 0.6 is 0 Å². The van der Waals surface area contributed by atoms with E-state index < -0.39 is 0 Å². The van der Waals surface area contributed by atoms with Crippen LogP contribution in [0.2, 0.25) is 0 Å². The monoisotopic (exact) mass is 409 g/mol. The van der Waals surface area contributed by atoms with Crippen LogP contribution in [-0.2, 0) is 5.54 Å². The maximum absolute atomic E-state index is 14.2. The summed E-state index contributed by atoms with van der Waals surface area (Å²) in [5, 5.41) is 12.8. The molecule has 1 aliphatic rings. The Bertz CT molecular complexity index is 964. The number of aromatic nitrogens is 5. The van der Waals surface area contributed by atoms with E-state index in [0.717, 1.165) is 44.0 Å². The molecule has 0 N–H and O–H groups in total. The van der Waals surface area contributed by atoms with E-state index in [9.17, 15) is 4.39 Å². The molecule has 8 heteroatoms. The molecule has 0 bridgehead atoms. The van der Waals surface area contributed by atoms with Gasteiger partial charge < -0.3 is 4.90 Å². The van der Waals surface area contributed by atoms with Gasteiger partial charge in [0.25, 0.3) is 0 Å². The van der Waals surface area contributed by atoms with Crippen LogP contribution in [0, 0.1) is 5.82 Å². The first-order chi connectivity index (χ1) is 14.5. The molecule has 1 fully saturated rings. The molecule has 30 heavy (non-hydrogen) atoms. The molecule has 3 heterocycles. The lowest BCUT2D eigenvalue weighted by atomic mass is 9.99. The van der Waals surface area contributed by atoms with Gasteiger partial charge in [0.15, 0.2) is 5.82 Å². The van der Waals surface area contributed by atoms with Crippen molar-refractivity contribution in [3.8, 4) is 0 Å². The summed E-state index contributed by atoms with van der Waals surface area (Å²) >= 11 is 0. The average Bonchev–Trinajstić information content (AvgIpc) is 3.26. The number of rotatable bonds is 6. The van der Waals surface area contributed by atoms with Crippen LogP contribution in [0.4, 0.5) is 10.1 Å². The lowest BCUT2D eigenvalue weighted by Gasteiger charge is -2.40. The Balaban J connectivity index is 1.63. The summed E-state index contributed by atoms with van der Waals surface area (Å²) in [4.78, 5) is 8.66. The van der Waals surface area contributed by atoms with Crippen molar-refractivity contribution < 1.29 is 4.39 Å². The average molecular weight is 410 g/mol. The van der Waals surface area contributed by atoms with Gasteiger partial charge in [-0.3, -0.25) is 9.88 Å². The highest BCUT2D eigenvalue weighted by Gasteiger charge is 2.34. The number of hydrogen-bond acceptors (Lipinski definition) is 6. The number of piperazine rings is 1. The summed E-state index contributed by atoms with van der Waals surface area (Å²) in [6.45, 7) is 9.46. The third-order valence-corrected chi connectivity index (χ3v) is 6.07. The Morgan fingerprint density at radius 3 is 2.40 bits per heavy atom. The van der Waals surface area contributed by atoms with Crippen molar-refractivity contribution in [2.75, 3.05) is 31.1 Å². The van der Waals surface area contributed by atoms with Crippen LogP contribution in [0.3, 0.4) is 0 Å². The summed E-state index contributed by atoms with van der Waals surface area (Å²) in [7, 11) is 0. The third kappa shape index (κ3) is 3.92. The second-order valence-electron chi connectivity index (χ2n) is 8.27. The molecular weight excluding hydrogens is 381 g/mol. The highest BCUT2D eigenvalue weighted by atomic mass is 19.1. The number of para-hydroxylation sites is 1. The van der Waals surface area contributed by atoms with Gasteiger partial charge in [-0.2, -0.15) is 0 Å². The van der Waals surface area contributed by atoms with Gasteiger partial charge in [-0.15, -0.1) is 5.10 Å². The molecule has 1 atom stereocenters. The van der Waals surface area contributed by atoms with Gasteiger partial charge in [0, 0.05) is 38.6 Å². The van der Waals surface area contributed by atoms with E-state index in [2.05, 4.69) is 51.1 Å². The molecule has 7 nitrogen and oxygen atoms in total. The largest absolute Gasteiger partial charge is 0.367 e. The van der Waals surface area contributed by atoms with Crippen molar-refractivity contribution in [3.05, 3.63) is 66.0 Å². The Labute approximate surface area is 176 Å². The smallest absolute Gasteiger partial charge is 0.173 e. The lowest BCUT2D eigenvalue weighted by Crippen LogP contribution is -2.49. The Morgan fingerprint density at radius 1 is 1.03 bits per heavy atom. The number of pyridine rings is 1. The quantitative estimate of drug-likeness (QED) is 0.623. The fraction of sp³-hybridized carbons (Fsp3) is 0.455. The maximum Gasteiger partial charge on any atom is 0.173 e. The minimum absolute atomic E-state index is 0.0865. The summed E-state index contributed by atoms with van der Waals surface area (Å²) < 4.78 is 16.2. The van der Waals surface area contributed by atoms with Crippen molar-refractivity contribution >= 4 is 5.69 Å². The summed E-state index contributed by atoms with van der Waals surface area (Å²) in [6, 6.07) is 10.9. The van der Waals surface area contributed by atoms with Crippen LogP contribution in [0.5, 0.6) is 0 Å². The molecule has 1 aromatic carbocycles. The summed E-state index contributed by atoms with van der Waals surface area (Å²) in [5.41, 5.74) is 1.57. The van der Waals surface area contributed by atoms with Crippen LogP contribution in [0.1, 0.15) is 44.6 Å². The first kappa shape index (κ1) is 20.4. The van der Waals surface area contributed by atoms with Crippen molar-refractivity contribution in [1.29, 1.82) is 0 Å². The molecule has 158 valence electrons. The number of benzene rings is 1. The fourth-order valence-corrected chi connectivity index (χ4v) is 3.94. The highest BCUT2D eigenvalue weighted by molar-refractivity contribution is 5.48. The van der Waals surface area contributed by atoms with Crippen molar-refractivity contribution in [2.45, 2.75) is 38.8 Å². The Hall–Kier alpha value is -2.87. The zero-order valence-electron chi connectivity index (χ0n) is 17.7. The van der Waals surface area contributed by atoms with Crippen molar-refractivity contribution in [1.82, 2.24) is 30.1 Å². The van der Waals surface area contributed by atoms with Gasteiger partial charge in [-0.1, -0.05) is 19.1 Å². The maximum atomic E-state index is 14.2. The second-order valence-corrected chi connectivity index (χ2v) is 8.27. The van der Waals surface area contributed by atoms with E-state index in [-0.39, 0.29) is 17.4 Å². The predicted molar refractivity (Wildman–Crippen MR) is 114 cm³/mol. The van der Waals surface area contributed by atoms with E-state index in [4.69, 9.17) is 0 Å². The molecule has 0 spiro atoms. The van der Waals surface area contributed by atoms with Crippen molar-refractivity contribution in [3.63, 3.8) is 0 Å².